The van der Waals surface area contributed by atoms with Crippen LogP contribution in [-0.4, -0.2) is 45.6 Å². The molecule has 3 nitrogen and oxygen atoms in total. The van der Waals surface area contributed by atoms with Crippen LogP contribution in [0.4, 0.5) is 0 Å². The van der Waals surface area contributed by atoms with E-state index in [2.05, 4.69) is 4.98 Å². The third kappa shape index (κ3) is 2.12. The number of fused-ring (bicyclic) bond motifs is 1. The van der Waals surface area contributed by atoms with Crippen molar-refractivity contribution in [1.82, 2.24) is 4.98 Å². The standard InChI is InChI=1S/C10H7NO2.Na/c12-10(13)9-6-5-7-3-1-2-4-8(7)11-9;/h1-6H,(H,12,13);. The maximum atomic E-state index is 10.6. The van der Waals surface area contributed by atoms with E-state index in [1.807, 2.05) is 18.2 Å². The van der Waals surface area contributed by atoms with E-state index in [0.29, 0.717) is 5.52 Å². The molecule has 1 radical (unpaired) electrons. The number of pyridine rings is 1. The number of nitrogens with zero attached hydrogens (tertiary/aromatic N) is 1. The Labute approximate surface area is 103 Å². The fraction of sp³-hybridized carbons (Fsp3) is 0. The number of para-hydroxylation sites is 1. The van der Waals surface area contributed by atoms with E-state index >= 15 is 0 Å². The number of carboxylic acid groups (broad SMARTS) is 1. The van der Waals surface area contributed by atoms with Crippen LogP contribution in [0, 0.1) is 0 Å². The molecule has 0 aliphatic carbocycles. The summed E-state index contributed by atoms with van der Waals surface area (Å²) in [7, 11) is 0. The molecule has 1 heterocycles. The summed E-state index contributed by atoms with van der Waals surface area (Å²) in [6.45, 7) is 0. The van der Waals surface area contributed by atoms with Gasteiger partial charge in [-0.3, -0.25) is 0 Å². The Morgan fingerprint density at radius 2 is 1.86 bits per heavy atom. The molecule has 65 valence electrons. The summed E-state index contributed by atoms with van der Waals surface area (Å²) in [5, 5.41) is 9.63. The summed E-state index contributed by atoms with van der Waals surface area (Å²) in [4.78, 5) is 14.6. The molecule has 2 rings (SSSR count). The van der Waals surface area contributed by atoms with Gasteiger partial charge in [-0.15, -0.1) is 0 Å². The van der Waals surface area contributed by atoms with Gasteiger partial charge in [-0.2, -0.15) is 0 Å². The van der Waals surface area contributed by atoms with Gasteiger partial charge in [0.1, 0.15) is 5.69 Å². The third-order valence-electron chi connectivity index (χ3n) is 1.82. The molecule has 0 aliphatic rings. The minimum absolute atomic E-state index is 0. The molecule has 0 atom stereocenters. The molecule has 2 aromatic rings. The zero-order chi connectivity index (χ0) is 9.26. The number of aromatic carboxylic acids is 1. The fourth-order valence-electron chi connectivity index (χ4n) is 1.19. The van der Waals surface area contributed by atoms with Gasteiger partial charge >= 0.3 is 5.97 Å². The van der Waals surface area contributed by atoms with Crippen LogP contribution in [0.5, 0.6) is 0 Å². The number of carboxylic acids is 1. The molecular formula is C10H7NNaO2. The summed E-state index contributed by atoms with van der Waals surface area (Å²) >= 11 is 0. The summed E-state index contributed by atoms with van der Waals surface area (Å²) in [5.41, 5.74) is 0.793. The second kappa shape index (κ2) is 4.55. The van der Waals surface area contributed by atoms with E-state index in [0.717, 1.165) is 5.39 Å². The summed E-state index contributed by atoms with van der Waals surface area (Å²) < 4.78 is 0. The van der Waals surface area contributed by atoms with Crippen LogP contribution in [-0.2, 0) is 0 Å². The van der Waals surface area contributed by atoms with Crippen molar-refractivity contribution in [2.45, 2.75) is 0 Å². The predicted octanol–water partition coefficient (Wildman–Crippen LogP) is 1.55. The number of rotatable bonds is 1. The smallest absolute Gasteiger partial charge is 0.354 e. The van der Waals surface area contributed by atoms with Gasteiger partial charge in [0, 0.05) is 34.9 Å². The van der Waals surface area contributed by atoms with Crippen LogP contribution in [0.3, 0.4) is 0 Å². The molecule has 4 heteroatoms. The van der Waals surface area contributed by atoms with Crippen LogP contribution in [0.25, 0.3) is 10.9 Å². The minimum Gasteiger partial charge on any atom is -0.477 e. The Hall–Kier alpha value is -0.900. The SMILES string of the molecule is O=C(O)c1ccc2ccccc2n1.[Na]. The van der Waals surface area contributed by atoms with Gasteiger partial charge in [0.2, 0.25) is 0 Å². The van der Waals surface area contributed by atoms with Gasteiger partial charge in [0.25, 0.3) is 0 Å². The molecule has 0 saturated heterocycles. The maximum Gasteiger partial charge on any atom is 0.354 e. The minimum atomic E-state index is -0.995. The van der Waals surface area contributed by atoms with Crippen LogP contribution >= 0.6 is 0 Å². The molecule has 0 saturated carbocycles. The topological polar surface area (TPSA) is 50.2 Å². The average molecular weight is 196 g/mol. The summed E-state index contributed by atoms with van der Waals surface area (Å²) in [6, 6.07) is 10.7. The number of hydrogen-bond donors (Lipinski definition) is 1. The normalized spacial score (nSPS) is 9.43. The van der Waals surface area contributed by atoms with Gasteiger partial charge < -0.3 is 5.11 Å². The van der Waals surface area contributed by atoms with Crippen molar-refractivity contribution in [3.05, 3.63) is 42.1 Å². The van der Waals surface area contributed by atoms with Gasteiger partial charge in [-0.25, -0.2) is 9.78 Å². The van der Waals surface area contributed by atoms with E-state index in [4.69, 9.17) is 5.11 Å². The Bertz CT molecular complexity index is 470. The largest absolute Gasteiger partial charge is 0.477 e. The number of benzene rings is 1. The van der Waals surface area contributed by atoms with E-state index in [9.17, 15) is 4.79 Å². The summed E-state index contributed by atoms with van der Waals surface area (Å²) in [6.07, 6.45) is 0. The van der Waals surface area contributed by atoms with Gasteiger partial charge in [0.05, 0.1) is 5.52 Å². The van der Waals surface area contributed by atoms with Gasteiger partial charge in [-0.05, 0) is 12.1 Å². The number of carbonyl (C=O) groups is 1. The average Bonchev–Trinajstić information content (AvgIpc) is 2.17. The van der Waals surface area contributed by atoms with Crippen molar-refractivity contribution in [1.29, 1.82) is 0 Å². The van der Waals surface area contributed by atoms with Crippen LogP contribution < -0.4 is 0 Å². The third-order valence-corrected chi connectivity index (χ3v) is 1.82. The first-order valence-electron chi connectivity index (χ1n) is 3.86. The van der Waals surface area contributed by atoms with E-state index in [1.54, 1.807) is 12.1 Å². The van der Waals surface area contributed by atoms with Crippen LogP contribution in [0.15, 0.2) is 36.4 Å². The van der Waals surface area contributed by atoms with E-state index < -0.39 is 5.97 Å². The summed E-state index contributed by atoms with van der Waals surface area (Å²) in [5.74, 6) is -0.995. The monoisotopic (exact) mass is 196 g/mol. The molecule has 0 unspecified atom stereocenters. The molecule has 14 heavy (non-hydrogen) atoms. The second-order valence-electron chi connectivity index (χ2n) is 2.69. The number of aromatic nitrogens is 1. The zero-order valence-electron chi connectivity index (χ0n) is 7.77. The quantitative estimate of drug-likeness (QED) is 0.704. The molecule has 1 N–H and O–H groups in total. The first-order chi connectivity index (χ1) is 6.27. The molecular weight excluding hydrogens is 189 g/mol. The van der Waals surface area contributed by atoms with Crippen molar-refractivity contribution >= 4 is 46.4 Å². The van der Waals surface area contributed by atoms with Crippen molar-refractivity contribution in [2.24, 2.45) is 0 Å². The van der Waals surface area contributed by atoms with Crippen molar-refractivity contribution in [3.8, 4) is 0 Å². The van der Waals surface area contributed by atoms with Gasteiger partial charge in [-0.1, -0.05) is 24.3 Å². The molecule has 0 spiro atoms. The fourth-order valence-corrected chi connectivity index (χ4v) is 1.19. The Kier molecular flexibility index (Phi) is 3.63. The molecule has 0 amide bonds. The van der Waals surface area contributed by atoms with Crippen LogP contribution in [0.2, 0.25) is 0 Å². The molecule has 0 fully saturated rings. The van der Waals surface area contributed by atoms with Crippen molar-refractivity contribution in [3.63, 3.8) is 0 Å². The molecule has 0 aliphatic heterocycles. The maximum absolute atomic E-state index is 10.6. The van der Waals surface area contributed by atoms with Crippen molar-refractivity contribution in [2.75, 3.05) is 0 Å². The van der Waals surface area contributed by atoms with Crippen molar-refractivity contribution < 1.29 is 9.90 Å². The van der Waals surface area contributed by atoms with Gasteiger partial charge in [0.15, 0.2) is 0 Å². The zero-order valence-corrected chi connectivity index (χ0v) is 9.77. The Balaban J connectivity index is 0.000000980. The van der Waals surface area contributed by atoms with E-state index in [1.165, 1.54) is 6.07 Å². The number of hydrogen-bond acceptors (Lipinski definition) is 2. The molecule has 1 aromatic carbocycles. The first-order valence-corrected chi connectivity index (χ1v) is 3.86. The molecule has 1 aromatic heterocycles. The van der Waals surface area contributed by atoms with Crippen LogP contribution in [0.1, 0.15) is 10.5 Å². The first kappa shape index (κ1) is 11.2. The Morgan fingerprint density at radius 1 is 1.14 bits per heavy atom. The second-order valence-corrected chi connectivity index (χ2v) is 2.69. The predicted molar refractivity (Wildman–Crippen MR) is 54.5 cm³/mol. The Morgan fingerprint density at radius 3 is 2.57 bits per heavy atom. The molecule has 0 bridgehead atoms. The van der Waals surface area contributed by atoms with E-state index in [-0.39, 0.29) is 35.3 Å².